The summed E-state index contributed by atoms with van der Waals surface area (Å²) in [7, 11) is 1.67. The molecular weight excluding hydrogens is 414 g/mol. The third-order valence-electron chi connectivity index (χ3n) is 5.01. The Labute approximate surface area is 183 Å². The van der Waals surface area contributed by atoms with Crippen LogP contribution in [0.1, 0.15) is 25.1 Å². The number of anilines is 2. The monoisotopic (exact) mass is 435 g/mol. The van der Waals surface area contributed by atoms with Gasteiger partial charge < -0.3 is 14.4 Å². The highest BCUT2D eigenvalue weighted by Gasteiger charge is 2.26. The van der Waals surface area contributed by atoms with Crippen molar-refractivity contribution in [2.75, 3.05) is 18.7 Å². The molecule has 0 saturated carbocycles. The predicted octanol–water partition coefficient (Wildman–Crippen LogP) is 3.10. The van der Waals surface area contributed by atoms with Crippen molar-refractivity contribution in [1.82, 2.24) is 29.5 Å². The molecule has 3 aromatic heterocycles. The van der Waals surface area contributed by atoms with E-state index in [2.05, 4.69) is 43.1 Å². The Morgan fingerprint density at radius 3 is 2.74 bits per heavy atom. The molecule has 10 heteroatoms. The van der Waals surface area contributed by atoms with Crippen LogP contribution in [-0.4, -0.2) is 48.4 Å². The van der Waals surface area contributed by atoms with E-state index in [1.54, 1.807) is 51.4 Å². The highest BCUT2D eigenvalue weighted by molar-refractivity contribution is 7.99. The van der Waals surface area contributed by atoms with Crippen molar-refractivity contribution in [3.63, 3.8) is 0 Å². The Bertz CT molecular complexity index is 1270. The number of hydrogen-bond donors (Lipinski definition) is 1. The Morgan fingerprint density at radius 2 is 1.94 bits per heavy atom. The number of hydrogen-bond acceptors (Lipinski definition) is 9. The van der Waals surface area contributed by atoms with E-state index >= 15 is 0 Å². The zero-order valence-corrected chi connectivity index (χ0v) is 18.2. The van der Waals surface area contributed by atoms with Crippen LogP contribution >= 0.6 is 11.8 Å². The van der Waals surface area contributed by atoms with E-state index in [9.17, 15) is 5.11 Å². The quantitative estimate of drug-likeness (QED) is 0.506. The molecule has 4 heterocycles. The van der Waals surface area contributed by atoms with E-state index in [0.29, 0.717) is 30.1 Å². The van der Waals surface area contributed by atoms with Crippen LogP contribution in [-0.2, 0) is 16.9 Å². The third-order valence-corrected chi connectivity index (χ3v) is 6.06. The van der Waals surface area contributed by atoms with Gasteiger partial charge in [0.15, 0.2) is 11.5 Å². The fraction of sp³-hybridized carbons (Fsp3) is 0.286. The zero-order chi connectivity index (χ0) is 21.6. The molecule has 1 N–H and O–H groups in total. The summed E-state index contributed by atoms with van der Waals surface area (Å²) in [5.41, 5.74) is 2.81. The van der Waals surface area contributed by atoms with Crippen LogP contribution in [0.5, 0.6) is 0 Å². The van der Waals surface area contributed by atoms with Crippen molar-refractivity contribution in [1.29, 1.82) is 0 Å². The molecule has 0 aliphatic carbocycles. The first kappa shape index (κ1) is 19.9. The molecular formula is C21H21N7O2S. The lowest BCUT2D eigenvalue weighted by atomic mass is 10.0. The summed E-state index contributed by atoms with van der Waals surface area (Å²) in [6.45, 7) is 4.34. The maximum atomic E-state index is 10.4. The summed E-state index contributed by atoms with van der Waals surface area (Å²) in [6, 6.07) is 6.30. The van der Waals surface area contributed by atoms with Crippen LogP contribution in [0.25, 0.3) is 11.2 Å². The largest absolute Gasteiger partial charge is 0.384 e. The van der Waals surface area contributed by atoms with Gasteiger partial charge in [-0.25, -0.2) is 24.9 Å². The van der Waals surface area contributed by atoms with Gasteiger partial charge in [0, 0.05) is 24.4 Å². The minimum Gasteiger partial charge on any atom is -0.384 e. The minimum atomic E-state index is -1.10. The molecule has 31 heavy (non-hydrogen) atoms. The molecule has 0 amide bonds. The van der Waals surface area contributed by atoms with Crippen molar-refractivity contribution < 1.29 is 9.84 Å². The molecule has 0 atom stereocenters. The summed E-state index contributed by atoms with van der Waals surface area (Å²) < 4.78 is 7.39. The lowest BCUT2D eigenvalue weighted by Crippen LogP contribution is -2.24. The second kappa shape index (κ2) is 7.56. The maximum absolute atomic E-state index is 10.4. The standard InChI is InChI=1S/C21H21N7O2S/c1-21(2,29)17-16-18(25-10-24-17)27(11-26-16)9-13-4-5-15-14(8-13)28(12-30-3)19-20(31-15)23-7-6-22-19/h4-8,10-11,29H,9,12H2,1-3H3. The van der Waals surface area contributed by atoms with Crippen molar-refractivity contribution in [2.45, 2.75) is 35.9 Å². The van der Waals surface area contributed by atoms with Gasteiger partial charge in [0.2, 0.25) is 0 Å². The van der Waals surface area contributed by atoms with E-state index in [-0.39, 0.29) is 0 Å². The Hall–Kier alpha value is -3.08. The van der Waals surface area contributed by atoms with Gasteiger partial charge in [-0.2, -0.15) is 0 Å². The van der Waals surface area contributed by atoms with Crippen LogP contribution in [0.4, 0.5) is 11.5 Å². The smallest absolute Gasteiger partial charge is 0.168 e. The summed E-state index contributed by atoms with van der Waals surface area (Å²) in [6.07, 6.45) is 6.59. The Kier molecular flexibility index (Phi) is 4.84. The number of ether oxygens (including phenoxy) is 1. The molecule has 0 spiro atoms. The Morgan fingerprint density at radius 1 is 1.10 bits per heavy atom. The summed E-state index contributed by atoms with van der Waals surface area (Å²) in [4.78, 5) is 25.2. The lowest BCUT2D eigenvalue weighted by molar-refractivity contribution is 0.0753. The number of imidazole rings is 1. The molecule has 1 aromatic carbocycles. The first-order valence-corrected chi connectivity index (χ1v) is 10.5. The highest BCUT2D eigenvalue weighted by atomic mass is 32.2. The van der Waals surface area contributed by atoms with E-state index < -0.39 is 5.60 Å². The predicted molar refractivity (Wildman–Crippen MR) is 116 cm³/mol. The molecule has 5 rings (SSSR count). The molecule has 0 saturated heterocycles. The van der Waals surface area contributed by atoms with Crippen molar-refractivity contribution in [2.24, 2.45) is 0 Å². The molecule has 4 aromatic rings. The van der Waals surface area contributed by atoms with Gasteiger partial charge in [-0.1, -0.05) is 17.8 Å². The molecule has 0 unspecified atom stereocenters. The zero-order valence-electron chi connectivity index (χ0n) is 17.3. The number of rotatable bonds is 5. The van der Waals surface area contributed by atoms with Crippen LogP contribution < -0.4 is 4.90 Å². The minimum absolute atomic E-state index is 0.374. The van der Waals surface area contributed by atoms with E-state index in [1.165, 1.54) is 6.33 Å². The SMILES string of the molecule is COCN1c2cc(Cn3cnc4c(C(C)(C)O)ncnc43)ccc2Sc2nccnc21. The number of aromatic nitrogens is 6. The molecule has 9 nitrogen and oxygen atoms in total. The Balaban J connectivity index is 1.52. The molecule has 0 bridgehead atoms. The first-order valence-electron chi connectivity index (χ1n) is 9.72. The van der Waals surface area contributed by atoms with E-state index in [1.807, 2.05) is 9.47 Å². The number of nitrogens with zero attached hydrogens (tertiary/aromatic N) is 7. The molecule has 1 aliphatic heterocycles. The molecule has 0 fully saturated rings. The highest BCUT2D eigenvalue weighted by Crippen LogP contribution is 2.46. The number of benzene rings is 1. The topological polar surface area (TPSA) is 102 Å². The molecule has 1 aliphatic rings. The summed E-state index contributed by atoms with van der Waals surface area (Å²) in [5.74, 6) is 0.787. The summed E-state index contributed by atoms with van der Waals surface area (Å²) in [5, 5.41) is 11.3. The van der Waals surface area contributed by atoms with Gasteiger partial charge in [0.25, 0.3) is 0 Å². The number of aliphatic hydroxyl groups is 1. The summed E-state index contributed by atoms with van der Waals surface area (Å²) >= 11 is 1.60. The second-order valence-electron chi connectivity index (χ2n) is 7.76. The number of fused-ring (bicyclic) bond motifs is 3. The second-order valence-corrected chi connectivity index (χ2v) is 8.79. The normalized spacial score (nSPS) is 13.4. The average Bonchev–Trinajstić information content (AvgIpc) is 3.16. The van der Waals surface area contributed by atoms with Gasteiger partial charge in [-0.3, -0.25) is 4.90 Å². The third kappa shape index (κ3) is 3.52. The van der Waals surface area contributed by atoms with Gasteiger partial charge in [-0.15, -0.1) is 0 Å². The van der Waals surface area contributed by atoms with Crippen LogP contribution in [0.3, 0.4) is 0 Å². The van der Waals surface area contributed by atoms with Crippen LogP contribution in [0.2, 0.25) is 0 Å². The van der Waals surface area contributed by atoms with Gasteiger partial charge >= 0.3 is 0 Å². The van der Waals surface area contributed by atoms with E-state index in [0.717, 1.165) is 27.0 Å². The fourth-order valence-electron chi connectivity index (χ4n) is 3.65. The van der Waals surface area contributed by atoms with Crippen molar-refractivity contribution in [3.8, 4) is 0 Å². The van der Waals surface area contributed by atoms with E-state index in [4.69, 9.17) is 4.74 Å². The van der Waals surface area contributed by atoms with Crippen molar-refractivity contribution in [3.05, 3.63) is 54.5 Å². The van der Waals surface area contributed by atoms with Crippen LogP contribution in [0.15, 0.2) is 53.2 Å². The molecule has 0 radical (unpaired) electrons. The average molecular weight is 436 g/mol. The van der Waals surface area contributed by atoms with Gasteiger partial charge in [0.1, 0.15) is 34.9 Å². The lowest BCUT2D eigenvalue weighted by Gasteiger charge is -2.30. The van der Waals surface area contributed by atoms with Gasteiger partial charge in [-0.05, 0) is 31.5 Å². The number of methoxy groups -OCH3 is 1. The van der Waals surface area contributed by atoms with Crippen LogP contribution in [0, 0.1) is 0 Å². The fourth-order valence-corrected chi connectivity index (χ4v) is 4.64. The maximum Gasteiger partial charge on any atom is 0.168 e. The van der Waals surface area contributed by atoms with Gasteiger partial charge in [0.05, 0.1) is 18.6 Å². The van der Waals surface area contributed by atoms with Crippen molar-refractivity contribution >= 4 is 34.4 Å². The molecule has 158 valence electrons. The first-order chi connectivity index (χ1) is 15.0.